The zero-order chi connectivity index (χ0) is 18.4. The number of benzene rings is 2. The Morgan fingerprint density at radius 3 is 2.38 bits per heavy atom. The standard InChI is InChI=1S/C21H25FN2O2/c1-2-16-3-5-18(6-4-16)21(25)23-15-20(24-11-13-26-14-12-24)17-7-9-19(22)10-8-17/h3-10,20H,2,11-15H2,1H3,(H,23,25). The van der Waals surface area contributed by atoms with Crippen LogP contribution in [0.15, 0.2) is 48.5 Å². The molecule has 0 aliphatic carbocycles. The van der Waals surface area contributed by atoms with E-state index in [1.54, 1.807) is 12.1 Å². The van der Waals surface area contributed by atoms with Gasteiger partial charge in [-0.2, -0.15) is 0 Å². The SMILES string of the molecule is CCc1ccc(C(=O)NCC(c2ccc(F)cc2)N2CCOCC2)cc1. The largest absolute Gasteiger partial charge is 0.379 e. The predicted octanol–water partition coefficient (Wildman–Crippen LogP) is 3.19. The van der Waals surface area contributed by atoms with Gasteiger partial charge >= 0.3 is 0 Å². The maximum absolute atomic E-state index is 13.3. The number of carbonyl (C=O) groups excluding carboxylic acids is 1. The second kappa shape index (κ2) is 8.92. The minimum atomic E-state index is -0.255. The Morgan fingerprint density at radius 1 is 1.12 bits per heavy atom. The van der Waals surface area contributed by atoms with Gasteiger partial charge in [0.1, 0.15) is 5.82 Å². The Kier molecular flexibility index (Phi) is 6.36. The zero-order valence-corrected chi connectivity index (χ0v) is 15.1. The maximum atomic E-state index is 13.3. The fraction of sp³-hybridized carbons (Fsp3) is 0.381. The molecule has 3 rings (SSSR count). The highest BCUT2D eigenvalue weighted by Crippen LogP contribution is 2.22. The van der Waals surface area contributed by atoms with E-state index < -0.39 is 0 Å². The van der Waals surface area contributed by atoms with Crippen LogP contribution >= 0.6 is 0 Å². The summed E-state index contributed by atoms with van der Waals surface area (Å²) in [6.45, 7) is 5.49. The van der Waals surface area contributed by atoms with Crippen molar-refractivity contribution in [3.63, 3.8) is 0 Å². The monoisotopic (exact) mass is 356 g/mol. The molecule has 138 valence electrons. The number of rotatable bonds is 6. The lowest BCUT2D eigenvalue weighted by molar-refractivity contribution is 0.0162. The normalized spacial score (nSPS) is 16.2. The molecule has 2 aromatic rings. The summed E-state index contributed by atoms with van der Waals surface area (Å²) in [4.78, 5) is 14.8. The van der Waals surface area contributed by atoms with Gasteiger partial charge in [-0.15, -0.1) is 0 Å². The summed E-state index contributed by atoms with van der Waals surface area (Å²) in [6.07, 6.45) is 0.950. The van der Waals surface area contributed by atoms with E-state index in [2.05, 4.69) is 17.1 Å². The van der Waals surface area contributed by atoms with Gasteiger partial charge < -0.3 is 10.1 Å². The highest BCUT2D eigenvalue weighted by atomic mass is 19.1. The van der Waals surface area contributed by atoms with Crippen LogP contribution in [0.1, 0.15) is 34.5 Å². The summed E-state index contributed by atoms with van der Waals surface area (Å²) in [5.41, 5.74) is 2.86. The second-order valence-electron chi connectivity index (χ2n) is 6.48. The average molecular weight is 356 g/mol. The molecule has 1 aliphatic rings. The Hall–Kier alpha value is -2.24. The quantitative estimate of drug-likeness (QED) is 0.864. The van der Waals surface area contributed by atoms with Gasteiger partial charge in [0, 0.05) is 25.2 Å². The molecule has 0 radical (unpaired) electrons. The number of ether oxygens (including phenoxy) is 1. The molecule has 0 bridgehead atoms. The summed E-state index contributed by atoms with van der Waals surface area (Å²) in [5.74, 6) is -0.345. The van der Waals surface area contributed by atoms with Crippen molar-refractivity contribution in [3.8, 4) is 0 Å². The number of nitrogens with zero attached hydrogens (tertiary/aromatic N) is 1. The lowest BCUT2D eigenvalue weighted by Gasteiger charge is -2.35. The molecule has 1 unspecified atom stereocenters. The Morgan fingerprint density at radius 2 is 1.77 bits per heavy atom. The molecule has 1 amide bonds. The first-order valence-corrected chi connectivity index (χ1v) is 9.11. The van der Waals surface area contributed by atoms with Crippen LogP contribution in [0.2, 0.25) is 0 Å². The zero-order valence-electron chi connectivity index (χ0n) is 15.1. The number of aryl methyl sites for hydroxylation is 1. The lowest BCUT2D eigenvalue weighted by Crippen LogP contribution is -2.43. The van der Waals surface area contributed by atoms with Crippen molar-refractivity contribution >= 4 is 5.91 Å². The third-order valence-electron chi connectivity index (χ3n) is 4.82. The van der Waals surface area contributed by atoms with E-state index in [9.17, 15) is 9.18 Å². The first-order valence-electron chi connectivity index (χ1n) is 9.11. The molecule has 26 heavy (non-hydrogen) atoms. The molecular weight excluding hydrogens is 331 g/mol. The number of halogens is 1. The number of amides is 1. The van der Waals surface area contributed by atoms with Crippen LogP contribution in [-0.2, 0) is 11.2 Å². The molecule has 5 heteroatoms. The van der Waals surface area contributed by atoms with E-state index in [-0.39, 0.29) is 17.8 Å². The van der Waals surface area contributed by atoms with Gasteiger partial charge in [0.05, 0.1) is 19.3 Å². The molecule has 1 aliphatic heterocycles. The molecule has 0 saturated carbocycles. The summed E-state index contributed by atoms with van der Waals surface area (Å²) in [7, 11) is 0. The molecule has 1 saturated heterocycles. The van der Waals surface area contributed by atoms with Crippen LogP contribution in [0.4, 0.5) is 4.39 Å². The number of hydrogen-bond donors (Lipinski definition) is 1. The van der Waals surface area contributed by atoms with Crippen LogP contribution in [-0.4, -0.2) is 43.7 Å². The van der Waals surface area contributed by atoms with Gasteiger partial charge in [0.15, 0.2) is 0 Å². The molecule has 1 N–H and O–H groups in total. The van der Waals surface area contributed by atoms with E-state index in [4.69, 9.17) is 4.74 Å². The fourth-order valence-electron chi connectivity index (χ4n) is 3.22. The van der Waals surface area contributed by atoms with Crippen molar-refractivity contribution < 1.29 is 13.9 Å². The third kappa shape index (κ3) is 4.68. The lowest BCUT2D eigenvalue weighted by atomic mass is 10.0. The van der Waals surface area contributed by atoms with E-state index in [0.717, 1.165) is 25.1 Å². The number of nitrogens with one attached hydrogen (secondary N) is 1. The minimum Gasteiger partial charge on any atom is -0.379 e. The first kappa shape index (κ1) is 18.5. The summed E-state index contributed by atoms with van der Waals surface area (Å²) in [5, 5.41) is 3.03. The van der Waals surface area contributed by atoms with Crippen LogP contribution in [0.5, 0.6) is 0 Å². The van der Waals surface area contributed by atoms with Gasteiger partial charge in [-0.05, 0) is 41.8 Å². The number of hydrogen-bond acceptors (Lipinski definition) is 3. The summed E-state index contributed by atoms with van der Waals surface area (Å²) >= 11 is 0. The summed E-state index contributed by atoms with van der Waals surface area (Å²) < 4.78 is 18.7. The molecule has 0 aromatic heterocycles. The molecule has 1 fully saturated rings. The molecule has 2 aromatic carbocycles. The van der Waals surface area contributed by atoms with Gasteiger partial charge in [-0.3, -0.25) is 9.69 Å². The summed E-state index contributed by atoms with van der Waals surface area (Å²) in [6, 6.07) is 14.2. The van der Waals surface area contributed by atoms with E-state index in [1.165, 1.54) is 17.7 Å². The van der Waals surface area contributed by atoms with Crippen molar-refractivity contribution in [2.45, 2.75) is 19.4 Å². The van der Waals surface area contributed by atoms with Crippen molar-refractivity contribution in [2.75, 3.05) is 32.8 Å². The van der Waals surface area contributed by atoms with E-state index in [0.29, 0.717) is 25.3 Å². The van der Waals surface area contributed by atoms with Crippen molar-refractivity contribution in [2.24, 2.45) is 0 Å². The Labute approximate surface area is 154 Å². The topological polar surface area (TPSA) is 41.6 Å². The van der Waals surface area contributed by atoms with Gasteiger partial charge in [0.25, 0.3) is 5.91 Å². The van der Waals surface area contributed by atoms with Crippen LogP contribution in [0.25, 0.3) is 0 Å². The first-order chi connectivity index (χ1) is 12.7. The van der Waals surface area contributed by atoms with Crippen molar-refractivity contribution in [3.05, 3.63) is 71.0 Å². The van der Waals surface area contributed by atoms with Crippen molar-refractivity contribution in [1.29, 1.82) is 0 Å². The number of carbonyl (C=O) groups is 1. The Bertz CT molecular complexity index is 710. The second-order valence-corrected chi connectivity index (χ2v) is 6.48. The predicted molar refractivity (Wildman–Crippen MR) is 99.7 cm³/mol. The average Bonchev–Trinajstić information content (AvgIpc) is 2.70. The fourth-order valence-corrected chi connectivity index (χ4v) is 3.22. The van der Waals surface area contributed by atoms with Gasteiger partial charge in [-0.25, -0.2) is 4.39 Å². The van der Waals surface area contributed by atoms with Crippen LogP contribution < -0.4 is 5.32 Å². The molecule has 0 spiro atoms. The molecule has 4 nitrogen and oxygen atoms in total. The van der Waals surface area contributed by atoms with Crippen LogP contribution in [0.3, 0.4) is 0 Å². The molecular formula is C21H25FN2O2. The van der Waals surface area contributed by atoms with Gasteiger partial charge in [0.2, 0.25) is 0 Å². The van der Waals surface area contributed by atoms with Gasteiger partial charge in [-0.1, -0.05) is 31.2 Å². The van der Waals surface area contributed by atoms with E-state index in [1.807, 2.05) is 24.3 Å². The van der Waals surface area contributed by atoms with Crippen LogP contribution in [0, 0.1) is 5.82 Å². The highest BCUT2D eigenvalue weighted by molar-refractivity contribution is 5.94. The highest BCUT2D eigenvalue weighted by Gasteiger charge is 2.23. The Balaban J connectivity index is 1.70. The number of morpholine rings is 1. The van der Waals surface area contributed by atoms with Crippen molar-refractivity contribution in [1.82, 2.24) is 10.2 Å². The smallest absolute Gasteiger partial charge is 0.251 e. The molecule has 1 heterocycles. The van der Waals surface area contributed by atoms with E-state index >= 15 is 0 Å². The molecule has 1 atom stereocenters. The minimum absolute atomic E-state index is 0.00151. The third-order valence-corrected chi connectivity index (χ3v) is 4.82. The maximum Gasteiger partial charge on any atom is 0.251 e.